The Labute approximate surface area is 124 Å². The van der Waals surface area contributed by atoms with Crippen molar-refractivity contribution in [2.45, 2.75) is 38.4 Å². The van der Waals surface area contributed by atoms with Gasteiger partial charge in [0.25, 0.3) is 5.69 Å². The van der Waals surface area contributed by atoms with Crippen molar-refractivity contribution >= 4 is 27.3 Å². The van der Waals surface area contributed by atoms with E-state index >= 15 is 0 Å². The normalized spacial score (nSPS) is 18.9. The first-order valence-corrected chi connectivity index (χ1v) is 7.14. The first-order chi connectivity index (χ1) is 9.61. The van der Waals surface area contributed by atoms with Crippen LogP contribution >= 0.6 is 15.9 Å². The molecule has 0 amide bonds. The zero-order valence-corrected chi connectivity index (χ0v) is 12.4. The molecular weight excluding hydrogens is 328 g/mol. The van der Waals surface area contributed by atoms with Gasteiger partial charge in [0.15, 0.2) is 0 Å². The summed E-state index contributed by atoms with van der Waals surface area (Å²) < 4.78 is 6.26. The van der Waals surface area contributed by atoms with Gasteiger partial charge in [0.2, 0.25) is 0 Å². The Morgan fingerprint density at radius 1 is 1.45 bits per heavy atom. The zero-order valence-electron chi connectivity index (χ0n) is 10.8. The van der Waals surface area contributed by atoms with Crippen molar-refractivity contribution < 1.29 is 14.9 Å². The van der Waals surface area contributed by atoms with Crippen molar-refractivity contribution in [1.29, 1.82) is 0 Å². The third kappa shape index (κ3) is 3.55. The first kappa shape index (κ1) is 14.9. The van der Waals surface area contributed by atoms with E-state index in [1.807, 2.05) is 0 Å². The second-order valence-corrected chi connectivity index (χ2v) is 5.48. The fourth-order valence-corrected chi connectivity index (χ4v) is 2.74. The fraction of sp³-hybridized carbons (Fsp3) is 0.462. The first-order valence-electron chi connectivity index (χ1n) is 6.35. The topological polar surface area (TPSA) is 85.0 Å². The minimum absolute atomic E-state index is 0.0458. The van der Waals surface area contributed by atoms with Gasteiger partial charge in [-0.25, -0.2) is 0 Å². The predicted molar refractivity (Wildman–Crippen MR) is 77.1 cm³/mol. The van der Waals surface area contributed by atoms with Crippen LogP contribution < -0.4 is 0 Å². The molecule has 0 bridgehead atoms. The van der Waals surface area contributed by atoms with Crippen molar-refractivity contribution in [3.63, 3.8) is 0 Å². The Hall–Kier alpha value is -1.47. The van der Waals surface area contributed by atoms with Gasteiger partial charge in [-0.3, -0.25) is 10.1 Å². The van der Waals surface area contributed by atoms with Crippen LogP contribution in [0.2, 0.25) is 0 Å². The van der Waals surface area contributed by atoms with E-state index in [1.165, 1.54) is 6.07 Å². The van der Waals surface area contributed by atoms with Crippen molar-refractivity contribution in [3.8, 4) is 0 Å². The zero-order chi connectivity index (χ0) is 14.5. The van der Waals surface area contributed by atoms with E-state index in [0.29, 0.717) is 11.1 Å². The molecule has 2 rings (SSSR count). The maximum absolute atomic E-state index is 10.8. The van der Waals surface area contributed by atoms with Crippen LogP contribution in [-0.2, 0) is 11.3 Å². The summed E-state index contributed by atoms with van der Waals surface area (Å²) in [5.41, 5.74) is 1.62. The number of oxime groups is 1. The number of nitro groups is 1. The third-order valence-corrected chi connectivity index (χ3v) is 4.30. The van der Waals surface area contributed by atoms with Crippen molar-refractivity contribution in [1.82, 2.24) is 0 Å². The molecule has 1 aromatic rings. The van der Waals surface area contributed by atoms with E-state index in [2.05, 4.69) is 21.1 Å². The van der Waals surface area contributed by atoms with E-state index in [-0.39, 0.29) is 11.8 Å². The molecule has 20 heavy (non-hydrogen) atoms. The molecule has 1 N–H and O–H groups in total. The Morgan fingerprint density at radius 2 is 2.15 bits per heavy atom. The van der Waals surface area contributed by atoms with Crippen LogP contribution in [0, 0.1) is 10.1 Å². The molecule has 1 aliphatic carbocycles. The van der Waals surface area contributed by atoms with Crippen LogP contribution in [0.15, 0.2) is 27.8 Å². The van der Waals surface area contributed by atoms with Gasteiger partial charge in [0, 0.05) is 6.07 Å². The van der Waals surface area contributed by atoms with Gasteiger partial charge in [-0.1, -0.05) is 17.3 Å². The number of hydrogen-bond acceptors (Lipinski definition) is 5. The second kappa shape index (κ2) is 6.81. The van der Waals surface area contributed by atoms with E-state index in [0.717, 1.165) is 37.0 Å². The van der Waals surface area contributed by atoms with Gasteiger partial charge in [0.1, 0.15) is 4.47 Å². The minimum Gasteiger partial charge on any atom is -0.411 e. The van der Waals surface area contributed by atoms with E-state index in [9.17, 15) is 10.1 Å². The molecule has 0 saturated heterocycles. The lowest BCUT2D eigenvalue weighted by Crippen LogP contribution is -2.21. The van der Waals surface area contributed by atoms with E-state index in [4.69, 9.17) is 9.94 Å². The fourth-order valence-electron chi connectivity index (χ4n) is 2.22. The Balaban J connectivity index is 1.95. The van der Waals surface area contributed by atoms with Crippen molar-refractivity contribution in [2.24, 2.45) is 5.16 Å². The van der Waals surface area contributed by atoms with Crippen molar-refractivity contribution in [2.75, 3.05) is 0 Å². The molecule has 1 saturated carbocycles. The summed E-state index contributed by atoms with van der Waals surface area (Å²) in [6.45, 7) is 0.332. The van der Waals surface area contributed by atoms with Crippen LogP contribution in [0.5, 0.6) is 0 Å². The number of nitrogens with zero attached hydrogens (tertiary/aromatic N) is 2. The Kier molecular flexibility index (Phi) is 5.08. The molecule has 108 valence electrons. The summed E-state index contributed by atoms with van der Waals surface area (Å²) in [5, 5.41) is 22.8. The quantitative estimate of drug-likeness (QED) is 0.514. The molecule has 0 aromatic heterocycles. The summed E-state index contributed by atoms with van der Waals surface area (Å²) >= 11 is 3.25. The molecule has 1 aromatic carbocycles. The third-order valence-electron chi connectivity index (χ3n) is 3.38. The number of halogens is 1. The number of benzene rings is 1. The molecule has 6 nitrogen and oxygen atoms in total. The number of nitro benzene ring substituents is 1. The summed E-state index contributed by atoms with van der Waals surface area (Å²) in [5.74, 6) is 0. The van der Waals surface area contributed by atoms with Crippen LogP contribution in [0.1, 0.15) is 31.2 Å². The molecule has 0 heterocycles. The summed E-state index contributed by atoms with van der Waals surface area (Å²) in [6.07, 6.45) is 3.19. The molecular formula is C13H15BrN2O4. The highest BCUT2D eigenvalue weighted by Gasteiger charge is 2.20. The average molecular weight is 343 g/mol. The van der Waals surface area contributed by atoms with Crippen LogP contribution in [0.4, 0.5) is 5.69 Å². The Bertz CT molecular complexity index is 523. The van der Waals surface area contributed by atoms with Crippen LogP contribution in [-0.4, -0.2) is 21.9 Å². The maximum atomic E-state index is 10.8. The average Bonchev–Trinajstić information content (AvgIpc) is 2.46. The number of hydrogen-bond donors (Lipinski definition) is 1. The van der Waals surface area contributed by atoms with Gasteiger partial charge in [0.05, 0.1) is 23.3 Å². The van der Waals surface area contributed by atoms with Crippen molar-refractivity contribution in [3.05, 3.63) is 38.3 Å². The molecule has 7 heteroatoms. The van der Waals surface area contributed by atoms with Gasteiger partial charge >= 0.3 is 0 Å². The van der Waals surface area contributed by atoms with Gasteiger partial charge in [-0.15, -0.1) is 0 Å². The second-order valence-electron chi connectivity index (χ2n) is 4.68. The SMILES string of the molecule is O=[N+]([O-])c1cccc(COC2CCC(=NO)CC2)c1Br. The lowest BCUT2D eigenvalue weighted by atomic mass is 9.96. The molecule has 0 aliphatic heterocycles. The highest BCUT2D eigenvalue weighted by molar-refractivity contribution is 9.10. The Morgan fingerprint density at radius 3 is 2.75 bits per heavy atom. The molecule has 0 spiro atoms. The smallest absolute Gasteiger partial charge is 0.283 e. The maximum Gasteiger partial charge on any atom is 0.283 e. The largest absolute Gasteiger partial charge is 0.411 e. The lowest BCUT2D eigenvalue weighted by molar-refractivity contribution is -0.385. The van der Waals surface area contributed by atoms with Gasteiger partial charge in [-0.05, 0) is 47.2 Å². The molecule has 1 fully saturated rings. The standard InChI is InChI=1S/C13H15BrN2O4/c14-13-9(2-1-3-12(13)16(18)19)8-20-11-6-4-10(15-17)5-7-11/h1-3,11,17H,4-8H2. The van der Waals surface area contributed by atoms with Crippen LogP contribution in [0.3, 0.4) is 0 Å². The monoisotopic (exact) mass is 342 g/mol. The minimum atomic E-state index is -0.418. The summed E-state index contributed by atoms with van der Waals surface area (Å²) in [4.78, 5) is 10.4. The highest BCUT2D eigenvalue weighted by Crippen LogP contribution is 2.29. The number of rotatable bonds is 4. The summed E-state index contributed by atoms with van der Waals surface area (Å²) in [6, 6.07) is 4.91. The molecule has 0 atom stereocenters. The van der Waals surface area contributed by atoms with Crippen LogP contribution in [0.25, 0.3) is 0 Å². The van der Waals surface area contributed by atoms with Gasteiger partial charge < -0.3 is 9.94 Å². The molecule has 0 unspecified atom stereocenters. The highest BCUT2D eigenvalue weighted by atomic mass is 79.9. The lowest BCUT2D eigenvalue weighted by Gasteiger charge is -2.22. The number of ether oxygens (including phenoxy) is 1. The molecule has 0 radical (unpaired) electrons. The van der Waals surface area contributed by atoms with E-state index in [1.54, 1.807) is 12.1 Å². The molecule has 1 aliphatic rings. The van der Waals surface area contributed by atoms with Gasteiger partial charge in [-0.2, -0.15) is 0 Å². The summed E-state index contributed by atoms with van der Waals surface area (Å²) in [7, 11) is 0. The predicted octanol–water partition coefficient (Wildman–Crippen LogP) is 3.65. The van der Waals surface area contributed by atoms with E-state index < -0.39 is 4.92 Å².